The van der Waals surface area contributed by atoms with E-state index >= 15 is 0 Å². The molecule has 2 aromatic carbocycles. The third-order valence-corrected chi connectivity index (χ3v) is 3.49. The van der Waals surface area contributed by atoms with E-state index in [1.807, 2.05) is 37.3 Å². The summed E-state index contributed by atoms with van der Waals surface area (Å²) in [6, 6.07) is 14.8. The number of carbonyl (C=O) groups excluding carboxylic acids is 2. The molecule has 1 atom stereocenters. The molecule has 3 N–H and O–H groups in total. The smallest absolute Gasteiger partial charge is 0.321 e. The number of hydrogen-bond acceptors (Lipinski definition) is 3. The van der Waals surface area contributed by atoms with E-state index < -0.39 is 11.9 Å². The summed E-state index contributed by atoms with van der Waals surface area (Å²) in [5.41, 5.74) is 1.81. The monoisotopic (exact) mass is 329 g/mol. The van der Waals surface area contributed by atoms with Gasteiger partial charge in [-0.3, -0.25) is 10.1 Å². The molecule has 0 spiro atoms. The lowest BCUT2D eigenvalue weighted by molar-refractivity contribution is -0.119. The fourth-order valence-corrected chi connectivity index (χ4v) is 2.11. The highest BCUT2D eigenvalue weighted by molar-refractivity contribution is 5.95. The Morgan fingerprint density at radius 1 is 1.04 bits per heavy atom. The SMILES string of the molecule is CC(NCC(=O)NC(=O)NCc1ccccc1)c1ccc(F)cc1. The van der Waals surface area contributed by atoms with E-state index in [2.05, 4.69) is 16.0 Å². The van der Waals surface area contributed by atoms with Gasteiger partial charge in [0.15, 0.2) is 0 Å². The first kappa shape index (κ1) is 17.6. The highest BCUT2D eigenvalue weighted by atomic mass is 19.1. The molecule has 5 nitrogen and oxygen atoms in total. The van der Waals surface area contributed by atoms with Crippen LogP contribution >= 0.6 is 0 Å². The number of imide groups is 1. The van der Waals surface area contributed by atoms with Crippen LogP contribution in [0.5, 0.6) is 0 Å². The molecule has 6 heteroatoms. The fraction of sp³-hybridized carbons (Fsp3) is 0.222. The zero-order chi connectivity index (χ0) is 17.4. The molecule has 0 aliphatic heterocycles. The van der Waals surface area contributed by atoms with E-state index in [0.29, 0.717) is 6.54 Å². The van der Waals surface area contributed by atoms with Gasteiger partial charge in [-0.05, 0) is 30.2 Å². The molecular weight excluding hydrogens is 309 g/mol. The second-order valence-electron chi connectivity index (χ2n) is 5.37. The Bertz CT molecular complexity index is 674. The van der Waals surface area contributed by atoms with Gasteiger partial charge in [0.2, 0.25) is 5.91 Å². The minimum atomic E-state index is -0.542. The van der Waals surface area contributed by atoms with Crippen LogP contribution in [0, 0.1) is 5.82 Å². The van der Waals surface area contributed by atoms with Crippen molar-refractivity contribution < 1.29 is 14.0 Å². The molecule has 2 aromatic rings. The predicted octanol–water partition coefficient (Wildman–Crippen LogP) is 2.50. The van der Waals surface area contributed by atoms with Crippen molar-refractivity contribution in [2.45, 2.75) is 19.5 Å². The van der Waals surface area contributed by atoms with Crippen molar-refractivity contribution in [2.24, 2.45) is 0 Å². The lowest BCUT2D eigenvalue weighted by Gasteiger charge is -2.14. The standard InChI is InChI=1S/C18H20FN3O2/c1-13(15-7-9-16(19)10-8-15)20-12-17(23)22-18(24)21-11-14-5-3-2-4-6-14/h2-10,13,20H,11-12H2,1H3,(H2,21,22,23,24). The zero-order valence-corrected chi connectivity index (χ0v) is 13.4. The summed E-state index contributed by atoms with van der Waals surface area (Å²) in [4.78, 5) is 23.4. The van der Waals surface area contributed by atoms with Gasteiger partial charge in [-0.15, -0.1) is 0 Å². The van der Waals surface area contributed by atoms with E-state index in [1.165, 1.54) is 12.1 Å². The quantitative estimate of drug-likeness (QED) is 0.763. The molecule has 1 unspecified atom stereocenters. The highest BCUT2D eigenvalue weighted by Crippen LogP contribution is 2.12. The normalized spacial score (nSPS) is 11.6. The molecule has 0 saturated heterocycles. The largest absolute Gasteiger partial charge is 0.334 e. The minimum absolute atomic E-state index is 0.0166. The highest BCUT2D eigenvalue weighted by Gasteiger charge is 2.10. The van der Waals surface area contributed by atoms with E-state index in [4.69, 9.17) is 0 Å². The summed E-state index contributed by atoms with van der Waals surface area (Å²) in [5, 5.41) is 7.85. The number of nitrogens with one attached hydrogen (secondary N) is 3. The first-order chi connectivity index (χ1) is 11.5. The predicted molar refractivity (Wildman–Crippen MR) is 89.6 cm³/mol. The van der Waals surface area contributed by atoms with E-state index in [0.717, 1.165) is 11.1 Å². The van der Waals surface area contributed by atoms with Crippen molar-refractivity contribution >= 4 is 11.9 Å². The van der Waals surface area contributed by atoms with Gasteiger partial charge >= 0.3 is 6.03 Å². The van der Waals surface area contributed by atoms with Gasteiger partial charge in [-0.1, -0.05) is 42.5 Å². The Kier molecular flexibility index (Phi) is 6.45. The van der Waals surface area contributed by atoms with Gasteiger partial charge in [-0.25, -0.2) is 9.18 Å². The van der Waals surface area contributed by atoms with Gasteiger partial charge in [0.05, 0.1) is 6.54 Å². The first-order valence-electron chi connectivity index (χ1n) is 7.65. The number of rotatable bonds is 6. The molecule has 0 aliphatic rings. The fourth-order valence-electron chi connectivity index (χ4n) is 2.11. The second-order valence-corrected chi connectivity index (χ2v) is 5.37. The summed E-state index contributed by atoms with van der Waals surface area (Å²) in [5.74, 6) is -0.742. The molecular formula is C18H20FN3O2. The molecule has 126 valence electrons. The van der Waals surface area contributed by atoms with Crippen molar-refractivity contribution in [1.29, 1.82) is 0 Å². The van der Waals surface area contributed by atoms with E-state index in [-0.39, 0.29) is 18.4 Å². The molecule has 0 saturated carbocycles. The van der Waals surface area contributed by atoms with Gasteiger partial charge in [-0.2, -0.15) is 0 Å². The molecule has 0 aromatic heterocycles. The van der Waals surface area contributed by atoms with Crippen LogP contribution in [-0.2, 0) is 11.3 Å². The number of benzene rings is 2. The van der Waals surface area contributed by atoms with Gasteiger partial charge in [0.25, 0.3) is 0 Å². The lowest BCUT2D eigenvalue weighted by atomic mass is 10.1. The van der Waals surface area contributed by atoms with Crippen molar-refractivity contribution in [3.63, 3.8) is 0 Å². The molecule has 0 aliphatic carbocycles. The first-order valence-corrected chi connectivity index (χ1v) is 7.65. The number of carbonyl (C=O) groups is 2. The Balaban J connectivity index is 1.70. The van der Waals surface area contributed by atoms with E-state index in [9.17, 15) is 14.0 Å². The van der Waals surface area contributed by atoms with Gasteiger partial charge in [0.1, 0.15) is 5.82 Å². The van der Waals surface area contributed by atoms with Crippen molar-refractivity contribution in [3.8, 4) is 0 Å². The number of hydrogen-bond donors (Lipinski definition) is 3. The van der Waals surface area contributed by atoms with Crippen LogP contribution in [-0.4, -0.2) is 18.5 Å². The van der Waals surface area contributed by atoms with Crippen LogP contribution in [0.3, 0.4) is 0 Å². The maximum absolute atomic E-state index is 12.9. The Labute approximate surface area is 140 Å². The number of urea groups is 1. The average Bonchev–Trinajstić information content (AvgIpc) is 2.59. The molecule has 0 radical (unpaired) electrons. The summed E-state index contributed by atoms with van der Waals surface area (Å²) in [6.45, 7) is 2.19. The summed E-state index contributed by atoms with van der Waals surface area (Å²) in [7, 11) is 0. The zero-order valence-electron chi connectivity index (χ0n) is 13.4. The molecule has 0 bridgehead atoms. The van der Waals surface area contributed by atoms with Crippen LogP contribution in [0.25, 0.3) is 0 Å². The van der Waals surface area contributed by atoms with Crippen molar-refractivity contribution in [1.82, 2.24) is 16.0 Å². The van der Waals surface area contributed by atoms with Crippen LogP contribution < -0.4 is 16.0 Å². The Morgan fingerprint density at radius 3 is 2.38 bits per heavy atom. The van der Waals surface area contributed by atoms with Crippen molar-refractivity contribution in [2.75, 3.05) is 6.54 Å². The van der Waals surface area contributed by atoms with E-state index in [1.54, 1.807) is 12.1 Å². The third-order valence-electron chi connectivity index (χ3n) is 3.49. The average molecular weight is 329 g/mol. The minimum Gasteiger partial charge on any atom is -0.334 e. The molecule has 0 heterocycles. The summed E-state index contributed by atoms with van der Waals surface area (Å²) >= 11 is 0. The topological polar surface area (TPSA) is 70.2 Å². The van der Waals surface area contributed by atoms with Crippen LogP contribution in [0.15, 0.2) is 54.6 Å². The second kappa shape index (κ2) is 8.79. The molecule has 0 fully saturated rings. The lowest BCUT2D eigenvalue weighted by Crippen LogP contribution is -2.43. The van der Waals surface area contributed by atoms with Gasteiger partial charge < -0.3 is 10.6 Å². The summed E-state index contributed by atoms with van der Waals surface area (Å²) in [6.07, 6.45) is 0. The van der Waals surface area contributed by atoms with Crippen LogP contribution in [0.1, 0.15) is 24.1 Å². The van der Waals surface area contributed by atoms with Gasteiger partial charge in [0, 0.05) is 12.6 Å². The molecule has 2 rings (SSSR count). The van der Waals surface area contributed by atoms with Crippen LogP contribution in [0.2, 0.25) is 0 Å². The Hall–Kier alpha value is -2.73. The van der Waals surface area contributed by atoms with Crippen molar-refractivity contribution in [3.05, 3.63) is 71.5 Å². The third kappa shape index (κ3) is 5.81. The maximum Gasteiger partial charge on any atom is 0.321 e. The summed E-state index contributed by atoms with van der Waals surface area (Å²) < 4.78 is 12.9. The number of halogens is 1. The van der Waals surface area contributed by atoms with Crippen LogP contribution in [0.4, 0.5) is 9.18 Å². The molecule has 24 heavy (non-hydrogen) atoms. The molecule has 3 amide bonds. The number of amides is 3. The Morgan fingerprint density at radius 2 is 1.71 bits per heavy atom. The maximum atomic E-state index is 12.9.